The van der Waals surface area contributed by atoms with E-state index in [1.54, 1.807) is 7.11 Å². The quantitative estimate of drug-likeness (QED) is 0.179. The zero-order valence-electron chi connectivity index (χ0n) is 9.85. The van der Waals surface area contributed by atoms with Crippen LogP contribution in [0.2, 0.25) is 0 Å². The van der Waals surface area contributed by atoms with Gasteiger partial charge in [0, 0.05) is 33.4 Å². The lowest BCUT2D eigenvalue weighted by Crippen LogP contribution is -2.13. The van der Waals surface area contributed by atoms with Gasteiger partial charge in [-0.1, -0.05) is 5.16 Å². The topological polar surface area (TPSA) is 86.3 Å². The molecule has 3 N–H and O–H groups in total. The summed E-state index contributed by atoms with van der Waals surface area (Å²) in [4.78, 5) is 0. The number of ether oxygens (including phenoxy) is 3. The summed E-state index contributed by atoms with van der Waals surface area (Å²) in [5.74, 6) is 0.236. The minimum Gasteiger partial charge on any atom is -0.409 e. The zero-order valence-corrected chi connectivity index (χ0v) is 9.85. The van der Waals surface area contributed by atoms with Crippen molar-refractivity contribution in [3.63, 3.8) is 0 Å². The second kappa shape index (κ2) is 12.2. The highest BCUT2D eigenvalue weighted by molar-refractivity contribution is 5.79. The van der Waals surface area contributed by atoms with E-state index in [9.17, 15) is 0 Å². The van der Waals surface area contributed by atoms with E-state index in [4.69, 9.17) is 25.2 Å². The van der Waals surface area contributed by atoms with Crippen LogP contribution in [0.3, 0.4) is 0 Å². The van der Waals surface area contributed by atoms with Crippen molar-refractivity contribution in [2.24, 2.45) is 10.9 Å². The number of amidine groups is 1. The molecule has 0 fully saturated rings. The summed E-state index contributed by atoms with van der Waals surface area (Å²) < 4.78 is 15.5. The maximum atomic E-state index is 8.27. The van der Waals surface area contributed by atoms with Gasteiger partial charge < -0.3 is 25.2 Å². The van der Waals surface area contributed by atoms with Crippen LogP contribution < -0.4 is 5.73 Å². The number of hydrogen-bond acceptors (Lipinski definition) is 5. The summed E-state index contributed by atoms with van der Waals surface area (Å²) in [7, 11) is 1.67. The average Bonchev–Trinajstić information content (AvgIpc) is 2.31. The van der Waals surface area contributed by atoms with E-state index in [2.05, 4.69) is 5.16 Å². The molecule has 0 saturated carbocycles. The average molecular weight is 234 g/mol. The van der Waals surface area contributed by atoms with Gasteiger partial charge in [0.25, 0.3) is 0 Å². The number of rotatable bonds is 11. The van der Waals surface area contributed by atoms with Gasteiger partial charge in [-0.2, -0.15) is 0 Å². The minimum absolute atomic E-state index is 0.236. The first kappa shape index (κ1) is 15.2. The van der Waals surface area contributed by atoms with Gasteiger partial charge in [-0.25, -0.2) is 0 Å². The van der Waals surface area contributed by atoms with E-state index in [-0.39, 0.29) is 5.84 Å². The van der Waals surface area contributed by atoms with Crippen LogP contribution in [0.15, 0.2) is 5.16 Å². The van der Waals surface area contributed by atoms with E-state index in [0.717, 1.165) is 19.4 Å². The molecule has 96 valence electrons. The lowest BCUT2D eigenvalue weighted by molar-refractivity contribution is 0.0395. The molecule has 0 unspecified atom stereocenters. The first-order valence-electron chi connectivity index (χ1n) is 5.42. The first-order valence-corrected chi connectivity index (χ1v) is 5.42. The second-order valence-corrected chi connectivity index (χ2v) is 3.27. The fourth-order valence-electron chi connectivity index (χ4n) is 1.03. The van der Waals surface area contributed by atoms with Gasteiger partial charge in [-0.05, 0) is 12.8 Å². The third-order valence-electron chi connectivity index (χ3n) is 1.86. The summed E-state index contributed by atoms with van der Waals surface area (Å²) in [5, 5.41) is 11.1. The molecule has 6 nitrogen and oxygen atoms in total. The maximum absolute atomic E-state index is 8.27. The van der Waals surface area contributed by atoms with Gasteiger partial charge in [-0.3, -0.25) is 0 Å². The number of oxime groups is 1. The predicted octanol–water partition coefficient (Wildman–Crippen LogP) is 0.583. The van der Waals surface area contributed by atoms with Gasteiger partial charge in [0.15, 0.2) is 0 Å². The van der Waals surface area contributed by atoms with Crippen molar-refractivity contribution in [2.45, 2.75) is 19.3 Å². The van der Waals surface area contributed by atoms with Crippen LogP contribution in [0.25, 0.3) is 0 Å². The molecule has 16 heavy (non-hydrogen) atoms. The molecule has 0 saturated heterocycles. The highest BCUT2D eigenvalue weighted by atomic mass is 16.5. The largest absolute Gasteiger partial charge is 0.409 e. The summed E-state index contributed by atoms with van der Waals surface area (Å²) >= 11 is 0. The van der Waals surface area contributed by atoms with E-state index in [1.165, 1.54) is 0 Å². The van der Waals surface area contributed by atoms with Gasteiger partial charge in [0.05, 0.1) is 13.2 Å². The van der Waals surface area contributed by atoms with Crippen molar-refractivity contribution in [1.29, 1.82) is 0 Å². The fraction of sp³-hybridized carbons (Fsp3) is 0.900. The maximum Gasteiger partial charge on any atom is 0.139 e. The number of nitrogens with two attached hydrogens (primary N) is 1. The Morgan fingerprint density at radius 2 is 1.69 bits per heavy atom. The van der Waals surface area contributed by atoms with Crippen LogP contribution in [0, 0.1) is 0 Å². The number of hydrogen-bond donors (Lipinski definition) is 2. The van der Waals surface area contributed by atoms with E-state index >= 15 is 0 Å². The highest BCUT2D eigenvalue weighted by Gasteiger charge is 1.94. The van der Waals surface area contributed by atoms with E-state index in [1.807, 2.05) is 0 Å². The van der Waals surface area contributed by atoms with E-state index < -0.39 is 0 Å². The molecular weight excluding hydrogens is 212 g/mol. The SMILES string of the molecule is COCCCOCCOCCCC(N)=NO. The Hall–Kier alpha value is -0.850. The standard InChI is InChI=1S/C10H22N2O4/c1-14-5-3-7-16-9-8-15-6-2-4-10(11)12-13/h13H,2-9H2,1H3,(H2,11,12). The molecule has 0 aromatic rings. The van der Waals surface area contributed by atoms with Gasteiger partial charge in [0.1, 0.15) is 5.84 Å². The van der Waals surface area contributed by atoms with Gasteiger partial charge >= 0.3 is 0 Å². The molecule has 0 amide bonds. The Balaban J connectivity index is 2.99. The van der Waals surface area contributed by atoms with Crippen LogP contribution in [-0.2, 0) is 14.2 Å². The molecule has 0 heterocycles. The molecule has 0 aromatic heterocycles. The molecule has 0 aliphatic carbocycles. The molecule has 0 rings (SSSR count). The Morgan fingerprint density at radius 1 is 1.06 bits per heavy atom. The molecular formula is C10H22N2O4. The monoisotopic (exact) mass is 234 g/mol. The molecule has 0 aromatic carbocycles. The lowest BCUT2D eigenvalue weighted by Gasteiger charge is -2.05. The molecule has 6 heteroatoms. The van der Waals surface area contributed by atoms with Gasteiger partial charge in [0.2, 0.25) is 0 Å². The summed E-state index contributed by atoms with van der Waals surface area (Å²) in [6, 6.07) is 0. The molecule has 0 spiro atoms. The van der Waals surface area contributed by atoms with E-state index in [0.29, 0.717) is 32.8 Å². The van der Waals surface area contributed by atoms with Crippen LogP contribution in [0.1, 0.15) is 19.3 Å². The first-order chi connectivity index (χ1) is 7.81. The summed E-state index contributed by atoms with van der Waals surface area (Å²) in [6.07, 6.45) is 2.20. The third-order valence-corrected chi connectivity index (χ3v) is 1.86. The summed E-state index contributed by atoms with van der Waals surface area (Å²) in [5.41, 5.74) is 5.29. The molecule has 0 aliphatic heterocycles. The number of nitrogens with zero attached hydrogens (tertiary/aromatic N) is 1. The molecule has 0 aliphatic rings. The van der Waals surface area contributed by atoms with Crippen LogP contribution in [0.5, 0.6) is 0 Å². The van der Waals surface area contributed by atoms with Crippen molar-refractivity contribution in [3.8, 4) is 0 Å². The van der Waals surface area contributed by atoms with Crippen molar-refractivity contribution >= 4 is 5.84 Å². The molecule has 0 bridgehead atoms. The van der Waals surface area contributed by atoms with Crippen molar-refractivity contribution in [2.75, 3.05) is 40.1 Å². The van der Waals surface area contributed by atoms with Gasteiger partial charge in [-0.15, -0.1) is 0 Å². The smallest absolute Gasteiger partial charge is 0.139 e. The van der Waals surface area contributed by atoms with Crippen LogP contribution in [-0.4, -0.2) is 51.2 Å². The minimum atomic E-state index is 0.236. The Labute approximate surface area is 96.3 Å². The molecule has 0 radical (unpaired) electrons. The highest BCUT2D eigenvalue weighted by Crippen LogP contribution is 1.91. The Morgan fingerprint density at radius 3 is 2.25 bits per heavy atom. The summed E-state index contributed by atoms with van der Waals surface area (Å²) in [6.45, 7) is 3.18. The van der Waals surface area contributed by atoms with Crippen molar-refractivity contribution in [3.05, 3.63) is 0 Å². The lowest BCUT2D eigenvalue weighted by atomic mass is 10.3. The Kier molecular flexibility index (Phi) is 11.6. The molecule has 0 atom stereocenters. The van der Waals surface area contributed by atoms with Crippen molar-refractivity contribution in [1.82, 2.24) is 0 Å². The Bertz CT molecular complexity index is 176. The second-order valence-electron chi connectivity index (χ2n) is 3.27. The number of methoxy groups -OCH3 is 1. The van der Waals surface area contributed by atoms with Crippen LogP contribution in [0.4, 0.5) is 0 Å². The van der Waals surface area contributed by atoms with Crippen molar-refractivity contribution < 1.29 is 19.4 Å². The third kappa shape index (κ3) is 11.2. The fourth-order valence-corrected chi connectivity index (χ4v) is 1.03. The van der Waals surface area contributed by atoms with Crippen LogP contribution >= 0.6 is 0 Å². The predicted molar refractivity (Wildman–Crippen MR) is 60.8 cm³/mol. The normalized spacial score (nSPS) is 11.9. The zero-order chi connectivity index (χ0) is 12.1.